The fourth-order valence-corrected chi connectivity index (χ4v) is 1.76. The van der Waals surface area contributed by atoms with E-state index < -0.39 is 5.56 Å². The van der Waals surface area contributed by atoms with Gasteiger partial charge in [0.15, 0.2) is 0 Å². The average molecular weight is 293 g/mol. The number of aromatic nitrogens is 1. The number of pyridine rings is 1. The molecule has 0 aliphatic heterocycles. The van der Waals surface area contributed by atoms with Gasteiger partial charge in [0, 0.05) is 11.9 Å². The van der Waals surface area contributed by atoms with Crippen LogP contribution < -0.4 is 15.6 Å². The van der Waals surface area contributed by atoms with Crippen molar-refractivity contribution in [2.75, 3.05) is 11.9 Å². The maximum absolute atomic E-state index is 12.0. The van der Waals surface area contributed by atoms with Crippen molar-refractivity contribution in [1.29, 1.82) is 0 Å². The van der Waals surface area contributed by atoms with Crippen molar-refractivity contribution in [1.82, 2.24) is 4.98 Å². The molecule has 1 aromatic carbocycles. The molecule has 2 N–H and O–H groups in total. The third-order valence-corrected chi connectivity index (χ3v) is 2.82. The summed E-state index contributed by atoms with van der Waals surface area (Å²) < 4.78 is 5.31. The highest BCUT2D eigenvalue weighted by Gasteiger charge is 2.08. The Morgan fingerprint density at radius 3 is 2.65 bits per heavy atom. The topological polar surface area (TPSA) is 71.2 Å². The molecule has 2 rings (SSSR count). The number of carbonyl (C=O) groups excluding carboxylic acids is 1. The Labute approximate surface area is 120 Å². The van der Waals surface area contributed by atoms with Crippen molar-refractivity contribution < 1.29 is 9.53 Å². The highest BCUT2D eigenvalue weighted by Crippen LogP contribution is 2.16. The summed E-state index contributed by atoms with van der Waals surface area (Å²) >= 11 is 5.68. The number of halogens is 1. The van der Waals surface area contributed by atoms with Crippen LogP contribution in [0.5, 0.6) is 5.75 Å². The van der Waals surface area contributed by atoms with Gasteiger partial charge in [-0.2, -0.15) is 0 Å². The largest absolute Gasteiger partial charge is 0.494 e. The second-order valence-corrected chi connectivity index (χ2v) is 4.38. The van der Waals surface area contributed by atoms with E-state index in [-0.39, 0.29) is 16.5 Å². The molecule has 5 nitrogen and oxygen atoms in total. The average Bonchev–Trinajstić information content (AvgIpc) is 2.44. The Balaban J connectivity index is 2.10. The lowest BCUT2D eigenvalue weighted by atomic mass is 10.2. The van der Waals surface area contributed by atoms with E-state index in [1.165, 1.54) is 12.3 Å². The molecule has 0 atom stereocenters. The molecule has 0 spiro atoms. The molecule has 0 saturated heterocycles. The van der Waals surface area contributed by atoms with Gasteiger partial charge in [-0.1, -0.05) is 11.6 Å². The summed E-state index contributed by atoms with van der Waals surface area (Å²) in [6, 6.07) is 8.31. The number of benzene rings is 1. The van der Waals surface area contributed by atoms with Crippen molar-refractivity contribution >= 4 is 23.2 Å². The quantitative estimate of drug-likeness (QED) is 0.910. The monoisotopic (exact) mass is 292 g/mol. The first-order valence-electron chi connectivity index (χ1n) is 6.02. The molecule has 1 heterocycles. The molecule has 104 valence electrons. The van der Waals surface area contributed by atoms with Gasteiger partial charge < -0.3 is 15.0 Å². The van der Waals surface area contributed by atoms with Crippen molar-refractivity contribution in [3.8, 4) is 5.75 Å². The van der Waals surface area contributed by atoms with Crippen molar-refractivity contribution in [3.05, 3.63) is 57.5 Å². The molecule has 6 heteroatoms. The molecule has 0 aliphatic carbocycles. The number of ether oxygens (including phenoxy) is 1. The van der Waals surface area contributed by atoms with E-state index in [9.17, 15) is 9.59 Å². The molecule has 20 heavy (non-hydrogen) atoms. The minimum absolute atomic E-state index is 0.0238. The van der Waals surface area contributed by atoms with E-state index in [1.54, 1.807) is 24.3 Å². The molecular formula is C14H13ClN2O3. The third-order valence-electron chi connectivity index (χ3n) is 2.54. The van der Waals surface area contributed by atoms with E-state index in [0.717, 1.165) is 5.75 Å². The zero-order chi connectivity index (χ0) is 14.5. The second kappa shape index (κ2) is 6.25. The van der Waals surface area contributed by atoms with Crippen molar-refractivity contribution in [2.24, 2.45) is 0 Å². The molecular weight excluding hydrogens is 280 g/mol. The molecule has 2 aromatic rings. The number of anilines is 1. The lowest BCUT2D eigenvalue weighted by Crippen LogP contribution is -2.15. The zero-order valence-electron chi connectivity index (χ0n) is 10.8. The first-order valence-corrected chi connectivity index (χ1v) is 6.40. The number of amides is 1. The van der Waals surface area contributed by atoms with Crippen LogP contribution in [0.1, 0.15) is 17.3 Å². The van der Waals surface area contributed by atoms with E-state index in [2.05, 4.69) is 10.3 Å². The molecule has 1 aromatic heterocycles. The van der Waals surface area contributed by atoms with Gasteiger partial charge in [-0.3, -0.25) is 9.59 Å². The number of hydrogen-bond acceptors (Lipinski definition) is 3. The van der Waals surface area contributed by atoms with Gasteiger partial charge in [0.1, 0.15) is 10.8 Å². The number of H-pyrrole nitrogens is 1. The van der Waals surface area contributed by atoms with Crippen molar-refractivity contribution in [3.63, 3.8) is 0 Å². The van der Waals surface area contributed by atoms with Gasteiger partial charge in [0.25, 0.3) is 11.5 Å². The molecule has 0 fully saturated rings. The maximum atomic E-state index is 12.0. The lowest BCUT2D eigenvalue weighted by molar-refractivity contribution is 0.102. The first kappa shape index (κ1) is 14.1. The van der Waals surface area contributed by atoms with E-state index in [4.69, 9.17) is 16.3 Å². The van der Waals surface area contributed by atoms with Crippen LogP contribution in [-0.2, 0) is 0 Å². The minimum Gasteiger partial charge on any atom is -0.494 e. The summed E-state index contributed by atoms with van der Waals surface area (Å²) in [7, 11) is 0. The minimum atomic E-state index is -0.427. The molecule has 0 radical (unpaired) electrons. The summed E-state index contributed by atoms with van der Waals surface area (Å²) in [4.78, 5) is 25.5. The van der Waals surface area contributed by atoms with Gasteiger partial charge in [-0.05, 0) is 37.3 Å². The van der Waals surface area contributed by atoms with Gasteiger partial charge >= 0.3 is 0 Å². The number of rotatable bonds is 4. The summed E-state index contributed by atoms with van der Waals surface area (Å²) in [6.45, 7) is 2.48. The van der Waals surface area contributed by atoms with Crippen LogP contribution in [-0.4, -0.2) is 17.5 Å². The van der Waals surface area contributed by atoms with Crippen LogP contribution in [0.2, 0.25) is 5.02 Å². The fourth-order valence-electron chi connectivity index (χ4n) is 1.59. The lowest BCUT2D eigenvalue weighted by Gasteiger charge is -2.07. The number of nitrogens with one attached hydrogen (secondary N) is 2. The Hall–Kier alpha value is -2.27. The van der Waals surface area contributed by atoms with Crippen LogP contribution in [0, 0.1) is 0 Å². The van der Waals surface area contributed by atoms with Crippen LogP contribution in [0.25, 0.3) is 0 Å². The van der Waals surface area contributed by atoms with Gasteiger partial charge in [0.2, 0.25) is 0 Å². The molecule has 0 unspecified atom stereocenters. The second-order valence-electron chi connectivity index (χ2n) is 3.98. The predicted molar refractivity (Wildman–Crippen MR) is 77.6 cm³/mol. The Kier molecular flexibility index (Phi) is 4.42. The Morgan fingerprint density at radius 2 is 2.05 bits per heavy atom. The number of aromatic amines is 1. The highest BCUT2D eigenvalue weighted by molar-refractivity contribution is 6.30. The summed E-state index contributed by atoms with van der Waals surface area (Å²) in [5.74, 6) is 0.380. The summed E-state index contributed by atoms with van der Waals surface area (Å²) in [5, 5.41) is 2.68. The highest BCUT2D eigenvalue weighted by atomic mass is 35.5. The van der Waals surface area contributed by atoms with Crippen LogP contribution >= 0.6 is 11.6 Å². The first-order chi connectivity index (χ1) is 9.60. The number of hydrogen-bond donors (Lipinski definition) is 2. The number of carbonyl (C=O) groups is 1. The SMILES string of the molecule is CCOc1ccc(NC(=O)c2c[nH]c(=O)c(Cl)c2)cc1. The smallest absolute Gasteiger partial charge is 0.266 e. The molecule has 0 saturated carbocycles. The van der Waals surface area contributed by atoms with Crippen molar-refractivity contribution in [2.45, 2.75) is 6.92 Å². The Morgan fingerprint density at radius 1 is 1.35 bits per heavy atom. The summed E-state index contributed by atoms with van der Waals surface area (Å²) in [5.41, 5.74) is 0.480. The predicted octanol–water partition coefficient (Wildman–Crippen LogP) is 2.68. The van der Waals surface area contributed by atoms with E-state index in [1.807, 2.05) is 6.92 Å². The Bertz CT molecular complexity index is 665. The van der Waals surface area contributed by atoms with Gasteiger partial charge in [0.05, 0.1) is 12.2 Å². The van der Waals surface area contributed by atoms with Crippen LogP contribution in [0.15, 0.2) is 41.3 Å². The van der Waals surface area contributed by atoms with Crippen LogP contribution in [0.4, 0.5) is 5.69 Å². The van der Waals surface area contributed by atoms with Gasteiger partial charge in [-0.25, -0.2) is 0 Å². The van der Waals surface area contributed by atoms with Gasteiger partial charge in [-0.15, -0.1) is 0 Å². The van der Waals surface area contributed by atoms with Crippen LogP contribution in [0.3, 0.4) is 0 Å². The zero-order valence-corrected chi connectivity index (χ0v) is 11.5. The fraction of sp³-hybridized carbons (Fsp3) is 0.143. The molecule has 1 amide bonds. The van der Waals surface area contributed by atoms with E-state index in [0.29, 0.717) is 12.3 Å². The summed E-state index contributed by atoms with van der Waals surface area (Å²) in [6.07, 6.45) is 1.32. The normalized spacial score (nSPS) is 10.1. The maximum Gasteiger partial charge on any atom is 0.266 e. The molecule has 0 bridgehead atoms. The van der Waals surface area contributed by atoms with E-state index >= 15 is 0 Å². The third kappa shape index (κ3) is 3.39. The molecule has 0 aliphatic rings. The standard InChI is InChI=1S/C14H13ClN2O3/c1-2-20-11-5-3-10(4-6-11)17-13(18)9-7-12(15)14(19)16-8-9/h3-8H,2H2,1H3,(H,16,19)(H,17,18).